The van der Waals surface area contributed by atoms with Crippen LogP contribution >= 0.6 is 11.8 Å². The lowest BCUT2D eigenvalue weighted by Crippen LogP contribution is -2.43. The molecule has 0 saturated heterocycles. The molecule has 0 aromatic carbocycles. The molecule has 0 radical (unpaired) electrons. The van der Waals surface area contributed by atoms with Crippen LogP contribution in [-0.2, 0) is 0 Å². The second kappa shape index (κ2) is 7.66. The van der Waals surface area contributed by atoms with Crippen molar-refractivity contribution in [2.24, 2.45) is 0 Å². The van der Waals surface area contributed by atoms with Crippen molar-refractivity contribution in [2.75, 3.05) is 50.6 Å². The van der Waals surface area contributed by atoms with E-state index in [9.17, 15) is 5.11 Å². The van der Waals surface area contributed by atoms with Crippen LogP contribution in [0.2, 0.25) is 0 Å². The molecule has 0 aliphatic heterocycles. The Morgan fingerprint density at radius 2 is 1.90 bits per heavy atom. The Labute approximate surface area is 125 Å². The van der Waals surface area contributed by atoms with Crippen molar-refractivity contribution in [3.63, 3.8) is 0 Å². The molecule has 1 aromatic heterocycles. The summed E-state index contributed by atoms with van der Waals surface area (Å²) in [5.41, 5.74) is -0.813. The first kappa shape index (κ1) is 17.0. The van der Waals surface area contributed by atoms with Gasteiger partial charge < -0.3 is 20.6 Å². The van der Waals surface area contributed by atoms with E-state index in [-0.39, 0.29) is 0 Å². The van der Waals surface area contributed by atoms with E-state index in [2.05, 4.69) is 20.6 Å². The fourth-order valence-corrected chi connectivity index (χ4v) is 2.28. The topological polar surface area (TPSA) is 73.3 Å². The van der Waals surface area contributed by atoms with Gasteiger partial charge >= 0.3 is 0 Å². The first-order valence-electron chi connectivity index (χ1n) is 6.64. The number of anilines is 2. The fraction of sp³-hybridized carbons (Fsp3) is 0.692. The van der Waals surface area contributed by atoms with E-state index in [1.165, 1.54) is 11.8 Å². The quantitative estimate of drug-likeness (QED) is 0.494. The zero-order valence-electron chi connectivity index (χ0n) is 12.9. The number of nitrogens with one attached hydrogen (secondary N) is 2. The number of nitrogens with zero attached hydrogens (tertiary/aromatic N) is 3. The highest BCUT2D eigenvalue weighted by Gasteiger charge is 2.21. The van der Waals surface area contributed by atoms with E-state index < -0.39 is 5.60 Å². The summed E-state index contributed by atoms with van der Waals surface area (Å²) in [4.78, 5) is 10.7. The Hall–Kier alpha value is -1.05. The molecule has 0 bridgehead atoms. The molecule has 7 heteroatoms. The number of thioether (sulfide) groups is 1. The zero-order chi connectivity index (χ0) is 15.2. The summed E-state index contributed by atoms with van der Waals surface area (Å²) in [5.74, 6) is 1.51. The molecule has 0 saturated carbocycles. The molecule has 6 nitrogen and oxygen atoms in total. The van der Waals surface area contributed by atoms with E-state index in [0.717, 1.165) is 18.2 Å². The zero-order valence-corrected chi connectivity index (χ0v) is 13.7. The van der Waals surface area contributed by atoms with E-state index in [0.29, 0.717) is 18.2 Å². The van der Waals surface area contributed by atoms with Crippen LogP contribution in [0.4, 0.5) is 11.6 Å². The molecular weight excluding hydrogens is 274 g/mol. The third kappa shape index (κ3) is 5.94. The van der Waals surface area contributed by atoms with Gasteiger partial charge in [-0.1, -0.05) is 11.8 Å². The van der Waals surface area contributed by atoms with Crippen LogP contribution in [0.15, 0.2) is 11.2 Å². The predicted octanol–water partition coefficient (Wildman–Crippen LogP) is 1.35. The van der Waals surface area contributed by atoms with Gasteiger partial charge in [-0.3, -0.25) is 0 Å². The molecule has 0 amide bonds. The van der Waals surface area contributed by atoms with E-state index >= 15 is 0 Å². The molecule has 1 rings (SSSR count). The molecule has 1 unspecified atom stereocenters. The third-order valence-corrected chi connectivity index (χ3v) is 3.10. The van der Waals surface area contributed by atoms with Crippen molar-refractivity contribution in [1.29, 1.82) is 0 Å². The highest BCUT2D eigenvalue weighted by Crippen LogP contribution is 2.18. The van der Waals surface area contributed by atoms with Gasteiger partial charge in [0.1, 0.15) is 11.6 Å². The fourth-order valence-electron chi connectivity index (χ4n) is 1.90. The number of aliphatic hydroxyl groups is 1. The average molecular weight is 299 g/mol. The van der Waals surface area contributed by atoms with Gasteiger partial charge in [0.15, 0.2) is 5.16 Å². The molecule has 0 fully saturated rings. The van der Waals surface area contributed by atoms with Gasteiger partial charge in [0.25, 0.3) is 0 Å². The maximum absolute atomic E-state index is 10.3. The molecule has 114 valence electrons. The van der Waals surface area contributed by atoms with Crippen molar-refractivity contribution in [3.05, 3.63) is 6.07 Å². The third-order valence-electron chi connectivity index (χ3n) is 2.55. The van der Waals surface area contributed by atoms with Crippen molar-refractivity contribution >= 4 is 23.4 Å². The summed E-state index contributed by atoms with van der Waals surface area (Å²) < 4.78 is 0. The first-order chi connectivity index (χ1) is 9.36. The Bertz CT molecular complexity index is 425. The largest absolute Gasteiger partial charge is 0.387 e. The first-order valence-corrected chi connectivity index (χ1v) is 7.86. The molecule has 1 heterocycles. The Balaban J connectivity index is 2.73. The van der Waals surface area contributed by atoms with E-state index in [4.69, 9.17) is 0 Å². The number of hydrogen-bond donors (Lipinski definition) is 3. The van der Waals surface area contributed by atoms with Gasteiger partial charge in [-0.2, -0.15) is 0 Å². The molecule has 3 N–H and O–H groups in total. The molecule has 1 aromatic rings. The minimum absolute atomic E-state index is 0.432. The predicted molar refractivity (Wildman–Crippen MR) is 85.6 cm³/mol. The lowest BCUT2D eigenvalue weighted by atomic mass is 10.1. The van der Waals surface area contributed by atoms with Crippen LogP contribution in [0.3, 0.4) is 0 Å². The minimum Gasteiger partial charge on any atom is -0.387 e. The monoisotopic (exact) mass is 299 g/mol. The SMILES string of the molecule is CCNc1cc(NCC(C)(O)CN(C)C)nc(SC)n1. The minimum atomic E-state index is -0.813. The smallest absolute Gasteiger partial charge is 0.191 e. The van der Waals surface area contributed by atoms with Gasteiger partial charge in [-0.05, 0) is 34.2 Å². The van der Waals surface area contributed by atoms with Crippen molar-refractivity contribution in [2.45, 2.75) is 24.6 Å². The number of aromatic nitrogens is 2. The Morgan fingerprint density at radius 1 is 1.30 bits per heavy atom. The lowest BCUT2D eigenvalue weighted by Gasteiger charge is -2.27. The van der Waals surface area contributed by atoms with Gasteiger partial charge in [0.05, 0.1) is 5.60 Å². The second-order valence-electron chi connectivity index (χ2n) is 5.24. The summed E-state index contributed by atoms with van der Waals surface area (Å²) in [6, 6.07) is 1.86. The molecular formula is C13H25N5OS. The summed E-state index contributed by atoms with van der Waals surface area (Å²) in [7, 11) is 3.88. The highest BCUT2D eigenvalue weighted by molar-refractivity contribution is 7.98. The molecule has 1 atom stereocenters. The summed E-state index contributed by atoms with van der Waals surface area (Å²) in [6.45, 7) is 5.66. The van der Waals surface area contributed by atoms with Crippen molar-refractivity contribution in [1.82, 2.24) is 14.9 Å². The van der Waals surface area contributed by atoms with Crippen LogP contribution in [0.1, 0.15) is 13.8 Å². The standard InChI is InChI=1S/C13H25N5OS/c1-6-14-10-7-11(17-12(16-10)20-5)15-8-13(2,19)9-18(3)4/h7,19H,6,8-9H2,1-5H3,(H2,14,15,16,17). The van der Waals surface area contributed by atoms with Gasteiger partial charge in [-0.25, -0.2) is 9.97 Å². The van der Waals surface area contributed by atoms with Crippen molar-refractivity contribution < 1.29 is 5.11 Å². The van der Waals surface area contributed by atoms with Crippen LogP contribution in [0.25, 0.3) is 0 Å². The van der Waals surface area contributed by atoms with Crippen LogP contribution in [-0.4, -0.2) is 65.6 Å². The van der Waals surface area contributed by atoms with Gasteiger partial charge in [0, 0.05) is 25.7 Å². The van der Waals surface area contributed by atoms with Crippen molar-refractivity contribution in [3.8, 4) is 0 Å². The summed E-state index contributed by atoms with van der Waals surface area (Å²) >= 11 is 1.49. The normalized spacial score (nSPS) is 14.2. The van der Waals surface area contributed by atoms with Crippen LogP contribution < -0.4 is 10.6 Å². The van der Waals surface area contributed by atoms with Crippen LogP contribution in [0.5, 0.6) is 0 Å². The Kier molecular flexibility index (Phi) is 6.51. The second-order valence-corrected chi connectivity index (χ2v) is 6.02. The number of rotatable bonds is 8. The van der Waals surface area contributed by atoms with E-state index in [1.54, 1.807) is 0 Å². The molecule has 0 aliphatic rings. The number of hydrogen-bond acceptors (Lipinski definition) is 7. The average Bonchev–Trinajstić information content (AvgIpc) is 2.35. The molecule has 0 aliphatic carbocycles. The molecule has 20 heavy (non-hydrogen) atoms. The van der Waals surface area contributed by atoms with E-state index in [1.807, 2.05) is 45.2 Å². The van der Waals surface area contributed by atoms with Gasteiger partial charge in [-0.15, -0.1) is 0 Å². The number of likely N-dealkylation sites (N-methyl/N-ethyl adjacent to an activating group) is 1. The maximum atomic E-state index is 10.3. The summed E-state index contributed by atoms with van der Waals surface area (Å²) in [6.07, 6.45) is 1.94. The maximum Gasteiger partial charge on any atom is 0.191 e. The highest BCUT2D eigenvalue weighted by atomic mass is 32.2. The Morgan fingerprint density at radius 3 is 2.40 bits per heavy atom. The molecule has 0 spiro atoms. The summed E-state index contributed by atoms with van der Waals surface area (Å²) in [5, 5.41) is 17.3. The van der Waals surface area contributed by atoms with Crippen LogP contribution in [0, 0.1) is 0 Å². The lowest BCUT2D eigenvalue weighted by molar-refractivity contribution is 0.0459. The van der Waals surface area contributed by atoms with Gasteiger partial charge in [0.2, 0.25) is 0 Å².